The summed E-state index contributed by atoms with van der Waals surface area (Å²) >= 11 is 0. The third-order valence-corrected chi connectivity index (χ3v) is 4.45. The maximum Gasteiger partial charge on any atom is 0.240 e. The smallest absolute Gasteiger partial charge is 0.240 e. The van der Waals surface area contributed by atoms with Crippen molar-refractivity contribution in [2.75, 3.05) is 26.7 Å². The molecule has 6 nitrogen and oxygen atoms in total. The molecule has 22 heavy (non-hydrogen) atoms. The summed E-state index contributed by atoms with van der Waals surface area (Å²) in [6, 6.07) is 6.56. The molecule has 0 aromatic heterocycles. The molecule has 0 heterocycles. The predicted octanol–water partition coefficient (Wildman–Crippen LogP) is 0.675. The van der Waals surface area contributed by atoms with Gasteiger partial charge in [-0.15, -0.1) is 12.4 Å². The van der Waals surface area contributed by atoms with Crippen molar-refractivity contribution in [3.63, 3.8) is 0 Å². The van der Waals surface area contributed by atoms with Gasteiger partial charge in [-0.3, -0.25) is 4.79 Å². The molecule has 0 aliphatic heterocycles. The number of carbonyl (C=O) groups excluding carboxylic acids is 1. The lowest BCUT2D eigenvalue weighted by molar-refractivity contribution is -0.121. The van der Waals surface area contributed by atoms with E-state index in [1.807, 2.05) is 6.92 Å². The average Bonchev–Trinajstić information content (AvgIpc) is 2.50. The molecule has 1 aromatic carbocycles. The molecule has 0 bridgehead atoms. The van der Waals surface area contributed by atoms with Crippen molar-refractivity contribution in [1.82, 2.24) is 15.4 Å². The molecule has 0 aliphatic carbocycles. The highest BCUT2D eigenvalue weighted by atomic mass is 35.5. The predicted molar refractivity (Wildman–Crippen MR) is 89.8 cm³/mol. The van der Waals surface area contributed by atoms with Crippen LogP contribution in [0.4, 0.5) is 0 Å². The standard InChI is InChI=1S/C14H23N3O3S.ClH/c1-3-16-10-11-17-14(18)9-6-12-4-7-13(8-5-12)21(19,20)15-2;/h4-5,7-8,15-16H,3,6,9-11H2,1-2H3,(H,17,18);1H. The molecule has 0 saturated carbocycles. The Morgan fingerprint density at radius 3 is 2.32 bits per heavy atom. The highest BCUT2D eigenvalue weighted by Crippen LogP contribution is 2.11. The fourth-order valence-corrected chi connectivity index (χ4v) is 2.50. The minimum absolute atomic E-state index is 0. The number of hydrogen-bond acceptors (Lipinski definition) is 4. The second kappa shape index (κ2) is 10.6. The number of carbonyl (C=O) groups is 1. The maximum atomic E-state index is 11.6. The van der Waals surface area contributed by atoms with Gasteiger partial charge in [-0.05, 0) is 37.7 Å². The molecular formula is C14H24ClN3O3S. The summed E-state index contributed by atoms with van der Waals surface area (Å²) in [6.07, 6.45) is 0.983. The topological polar surface area (TPSA) is 87.3 Å². The number of likely N-dealkylation sites (N-methyl/N-ethyl adjacent to an activating group) is 1. The normalized spacial score (nSPS) is 10.8. The van der Waals surface area contributed by atoms with E-state index in [0.717, 1.165) is 18.7 Å². The Labute approximate surface area is 138 Å². The van der Waals surface area contributed by atoms with Crippen LogP contribution in [0.5, 0.6) is 0 Å². The van der Waals surface area contributed by atoms with Crippen LogP contribution < -0.4 is 15.4 Å². The summed E-state index contributed by atoms with van der Waals surface area (Å²) in [5, 5.41) is 5.95. The quantitative estimate of drug-likeness (QED) is 0.572. The lowest BCUT2D eigenvalue weighted by atomic mass is 10.1. The van der Waals surface area contributed by atoms with Crippen LogP contribution in [-0.2, 0) is 21.2 Å². The van der Waals surface area contributed by atoms with Crippen LogP contribution in [0.15, 0.2) is 29.2 Å². The van der Waals surface area contributed by atoms with E-state index in [1.54, 1.807) is 24.3 Å². The zero-order chi connectivity index (χ0) is 15.7. The number of hydrogen-bond donors (Lipinski definition) is 3. The third-order valence-electron chi connectivity index (χ3n) is 3.02. The minimum Gasteiger partial charge on any atom is -0.355 e. The highest BCUT2D eigenvalue weighted by Gasteiger charge is 2.10. The van der Waals surface area contributed by atoms with E-state index in [9.17, 15) is 13.2 Å². The zero-order valence-corrected chi connectivity index (χ0v) is 14.5. The number of benzene rings is 1. The molecule has 0 unspecified atom stereocenters. The zero-order valence-electron chi connectivity index (χ0n) is 12.9. The van der Waals surface area contributed by atoms with Gasteiger partial charge in [0.2, 0.25) is 15.9 Å². The van der Waals surface area contributed by atoms with Crippen LogP contribution in [0.3, 0.4) is 0 Å². The van der Waals surface area contributed by atoms with Gasteiger partial charge >= 0.3 is 0 Å². The Hall–Kier alpha value is -1.15. The van der Waals surface area contributed by atoms with Gasteiger partial charge < -0.3 is 10.6 Å². The molecule has 8 heteroatoms. The van der Waals surface area contributed by atoms with Crippen molar-refractivity contribution in [3.05, 3.63) is 29.8 Å². The van der Waals surface area contributed by atoms with E-state index < -0.39 is 10.0 Å². The molecule has 126 valence electrons. The lowest BCUT2D eigenvalue weighted by Gasteiger charge is -2.06. The molecule has 0 fully saturated rings. The Morgan fingerprint density at radius 2 is 1.77 bits per heavy atom. The van der Waals surface area contributed by atoms with Crippen LogP contribution in [0.1, 0.15) is 18.9 Å². The summed E-state index contributed by atoms with van der Waals surface area (Å²) in [5.74, 6) is -0.000161. The van der Waals surface area contributed by atoms with Crippen molar-refractivity contribution in [2.45, 2.75) is 24.7 Å². The Morgan fingerprint density at radius 1 is 1.14 bits per heavy atom. The number of amides is 1. The first-order chi connectivity index (χ1) is 9.99. The minimum atomic E-state index is -3.40. The monoisotopic (exact) mass is 349 g/mol. The summed E-state index contributed by atoms with van der Waals surface area (Å²) in [6.45, 7) is 4.28. The molecule has 0 radical (unpaired) electrons. The van der Waals surface area contributed by atoms with Crippen molar-refractivity contribution >= 4 is 28.3 Å². The molecule has 1 rings (SSSR count). The molecule has 0 saturated heterocycles. The molecule has 1 amide bonds. The van der Waals surface area contributed by atoms with Gasteiger partial charge in [0, 0.05) is 19.5 Å². The van der Waals surface area contributed by atoms with E-state index in [0.29, 0.717) is 19.4 Å². The fourth-order valence-electron chi connectivity index (χ4n) is 1.77. The highest BCUT2D eigenvalue weighted by molar-refractivity contribution is 7.89. The van der Waals surface area contributed by atoms with Gasteiger partial charge in [0.1, 0.15) is 0 Å². The van der Waals surface area contributed by atoms with E-state index >= 15 is 0 Å². The molecule has 1 aromatic rings. The lowest BCUT2D eigenvalue weighted by Crippen LogP contribution is -2.31. The third kappa shape index (κ3) is 7.22. The van der Waals surface area contributed by atoms with Crippen LogP contribution in [-0.4, -0.2) is 41.0 Å². The second-order valence-corrected chi connectivity index (χ2v) is 6.44. The molecule has 0 spiro atoms. The van der Waals surface area contributed by atoms with Crippen LogP contribution >= 0.6 is 12.4 Å². The maximum absolute atomic E-state index is 11.6. The average molecular weight is 350 g/mol. The van der Waals surface area contributed by atoms with E-state index in [4.69, 9.17) is 0 Å². The van der Waals surface area contributed by atoms with E-state index in [-0.39, 0.29) is 23.2 Å². The van der Waals surface area contributed by atoms with Gasteiger partial charge in [0.05, 0.1) is 4.90 Å². The van der Waals surface area contributed by atoms with Gasteiger partial charge in [-0.1, -0.05) is 19.1 Å². The van der Waals surface area contributed by atoms with Crippen LogP contribution in [0, 0.1) is 0 Å². The van der Waals surface area contributed by atoms with Crippen molar-refractivity contribution in [1.29, 1.82) is 0 Å². The van der Waals surface area contributed by atoms with Gasteiger partial charge in [0.25, 0.3) is 0 Å². The van der Waals surface area contributed by atoms with Crippen molar-refractivity contribution in [2.24, 2.45) is 0 Å². The van der Waals surface area contributed by atoms with Crippen LogP contribution in [0.25, 0.3) is 0 Å². The Balaban J connectivity index is 0.00000441. The Bertz CT molecular complexity index is 547. The second-order valence-electron chi connectivity index (χ2n) is 4.56. The van der Waals surface area contributed by atoms with Crippen LogP contribution in [0.2, 0.25) is 0 Å². The SMILES string of the molecule is CCNCCNC(=O)CCc1ccc(S(=O)(=O)NC)cc1.Cl. The fraction of sp³-hybridized carbons (Fsp3) is 0.500. The summed E-state index contributed by atoms with van der Waals surface area (Å²) in [5.41, 5.74) is 0.937. The largest absolute Gasteiger partial charge is 0.355 e. The van der Waals surface area contributed by atoms with Crippen molar-refractivity contribution < 1.29 is 13.2 Å². The first-order valence-electron chi connectivity index (χ1n) is 6.99. The number of rotatable bonds is 9. The molecule has 0 aliphatic rings. The molecule has 3 N–H and O–H groups in total. The summed E-state index contributed by atoms with van der Waals surface area (Å²) in [4.78, 5) is 11.8. The number of halogens is 1. The van der Waals surface area contributed by atoms with E-state index in [1.165, 1.54) is 7.05 Å². The number of aryl methyl sites for hydroxylation is 1. The first kappa shape index (κ1) is 20.9. The molecular weight excluding hydrogens is 326 g/mol. The summed E-state index contributed by atoms with van der Waals surface area (Å²) in [7, 11) is -2.02. The van der Waals surface area contributed by atoms with Gasteiger partial charge in [-0.25, -0.2) is 13.1 Å². The summed E-state index contributed by atoms with van der Waals surface area (Å²) < 4.78 is 25.4. The van der Waals surface area contributed by atoms with Gasteiger partial charge in [-0.2, -0.15) is 0 Å². The van der Waals surface area contributed by atoms with E-state index in [2.05, 4.69) is 15.4 Å². The number of sulfonamides is 1. The Kier molecular flexibility index (Phi) is 10.0. The van der Waals surface area contributed by atoms with Gasteiger partial charge in [0.15, 0.2) is 0 Å². The first-order valence-corrected chi connectivity index (χ1v) is 8.48. The molecule has 0 atom stereocenters. The van der Waals surface area contributed by atoms with Crippen molar-refractivity contribution in [3.8, 4) is 0 Å². The number of nitrogens with one attached hydrogen (secondary N) is 3.